The minimum absolute atomic E-state index is 0.307. The van der Waals surface area contributed by atoms with Gasteiger partial charge >= 0.3 is 0 Å². The monoisotopic (exact) mass is 280 g/mol. The average molecular weight is 280 g/mol. The van der Waals surface area contributed by atoms with Gasteiger partial charge in [-0.3, -0.25) is 4.90 Å². The van der Waals surface area contributed by atoms with E-state index in [1.54, 1.807) is 19.4 Å². The summed E-state index contributed by atoms with van der Waals surface area (Å²) in [6.07, 6.45) is 2.05. The smallest absolute Gasteiger partial charge is 0.228 e. The largest absolute Gasteiger partial charge is 0.481 e. The van der Waals surface area contributed by atoms with E-state index in [4.69, 9.17) is 9.47 Å². The van der Waals surface area contributed by atoms with Crippen LogP contribution in [0.4, 0.5) is 5.95 Å². The van der Waals surface area contributed by atoms with Gasteiger partial charge in [0.1, 0.15) is 0 Å². The molecule has 1 fully saturated rings. The first-order valence-electron chi connectivity index (χ1n) is 7.15. The Balaban J connectivity index is 1.78. The molecule has 1 aliphatic heterocycles. The maximum Gasteiger partial charge on any atom is 0.228 e. The lowest BCUT2D eigenvalue weighted by Crippen LogP contribution is -2.48. The Morgan fingerprint density at radius 2 is 2.00 bits per heavy atom. The van der Waals surface area contributed by atoms with Crippen LogP contribution >= 0.6 is 0 Å². The van der Waals surface area contributed by atoms with Crippen molar-refractivity contribution in [1.29, 1.82) is 0 Å². The standard InChI is InChI=1S/C14H24N4O2/c1-12(2)20-11-10-17-6-8-18(9-7-17)14-15-5-4-13(16-14)19-3/h4-5,12H,6-11H2,1-3H3. The maximum atomic E-state index is 5.59. The Bertz CT molecular complexity index is 406. The van der Waals surface area contributed by atoms with Gasteiger partial charge < -0.3 is 14.4 Å². The Morgan fingerprint density at radius 1 is 1.25 bits per heavy atom. The fourth-order valence-corrected chi connectivity index (χ4v) is 2.19. The van der Waals surface area contributed by atoms with E-state index in [1.807, 2.05) is 0 Å². The van der Waals surface area contributed by atoms with Crippen LogP contribution in [0.2, 0.25) is 0 Å². The van der Waals surface area contributed by atoms with Gasteiger partial charge in [0.15, 0.2) is 0 Å². The van der Waals surface area contributed by atoms with Crippen LogP contribution in [0.3, 0.4) is 0 Å². The van der Waals surface area contributed by atoms with Gasteiger partial charge in [0, 0.05) is 45.0 Å². The molecular weight excluding hydrogens is 256 g/mol. The molecule has 0 amide bonds. The molecule has 0 bridgehead atoms. The minimum atomic E-state index is 0.307. The summed E-state index contributed by atoms with van der Waals surface area (Å²) in [5.74, 6) is 1.37. The third-order valence-corrected chi connectivity index (χ3v) is 3.34. The molecule has 112 valence electrons. The van der Waals surface area contributed by atoms with Crippen LogP contribution in [-0.2, 0) is 4.74 Å². The van der Waals surface area contributed by atoms with Gasteiger partial charge in [0.05, 0.1) is 19.8 Å². The number of aromatic nitrogens is 2. The first kappa shape index (κ1) is 15.0. The number of nitrogens with zero attached hydrogens (tertiary/aromatic N) is 4. The Hall–Kier alpha value is -1.40. The van der Waals surface area contributed by atoms with E-state index in [-0.39, 0.29) is 0 Å². The predicted octanol–water partition coefficient (Wildman–Crippen LogP) is 1.03. The van der Waals surface area contributed by atoms with Gasteiger partial charge in [-0.1, -0.05) is 0 Å². The highest BCUT2D eigenvalue weighted by Gasteiger charge is 2.19. The minimum Gasteiger partial charge on any atom is -0.481 e. The predicted molar refractivity (Wildman–Crippen MR) is 78.3 cm³/mol. The first-order valence-corrected chi connectivity index (χ1v) is 7.15. The molecule has 2 rings (SSSR count). The average Bonchev–Trinajstić information content (AvgIpc) is 2.48. The SMILES string of the molecule is COc1ccnc(N2CCN(CCOC(C)C)CC2)n1. The first-order chi connectivity index (χ1) is 9.69. The van der Waals surface area contributed by atoms with E-state index in [1.165, 1.54) is 0 Å². The van der Waals surface area contributed by atoms with Crippen LogP contribution in [0.15, 0.2) is 12.3 Å². The van der Waals surface area contributed by atoms with Gasteiger partial charge in [0.2, 0.25) is 11.8 Å². The van der Waals surface area contributed by atoms with E-state index < -0.39 is 0 Å². The highest BCUT2D eigenvalue weighted by molar-refractivity contribution is 5.32. The van der Waals surface area contributed by atoms with E-state index in [0.29, 0.717) is 12.0 Å². The number of piperazine rings is 1. The fraction of sp³-hybridized carbons (Fsp3) is 0.714. The van der Waals surface area contributed by atoms with Crippen molar-refractivity contribution in [2.75, 3.05) is 51.3 Å². The summed E-state index contributed by atoms with van der Waals surface area (Å²) in [5, 5.41) is 0. The molecule has 1 aromatic heterocycles. The van der Waals surface area contributed by atoms with E-state index in [2.05, 4.69) is 33.6 Å². The van der Waals surface area contributed by atoms with Gasteiger partial charge in [-0.25, -0.2) is 4.98 Å². The topological polar surface area (TPSA) is 50.7 Å². The van der Waals surface area contributed by atoms with Crippen molar-refractivity contribution in [3.8, 4) is 5.88 Å². The fourth-order valence-electron chi connectivity index (χ4n) is 2.19. The Morgan fingerprint density at radius 3 is 2.65 bits per heavy atom. The number of ether oxygens (including phenoxy) is 2. The third kappa shape index (κ3) is 4.31. The molecule has 2 heterocycles. The third-order valence-electron chi connectivity index (χ3n) is 3.34. The normalized spacial score (nSPS) is 16.7. The van der Waals surface area contributed by atoms with E-state index in [9.17, 15) is 0 Å². The molecule has 1 aromatic rings. The maximum absolute atomic E-state index is 5.59. The van der Waals surface area contributed by atoms with Gasteiger partial charge in [-0.15, -0.1) is 0 Å². The lowest BCUT2D eigenvalue weighted by molar-refractivity contribution is 0.0578. The molecule has 1 aliphatic rings. The molecular formula is C14H24N4O2. The summed E-state index contributed by atoms with van der Waals surface area (Å²) < 4.78 is 10.7. The molecule has 0 spiro atoms. The molecule has 0 atom stereocenters. The van der Waals surface area contributed by atoms with Crippen molar-refractivity contribution in [3.05, 3.63) is 12.3 Å². The van der Waals surface area contributed by atoms with Crippen molar-refractivity contribution >= 4 is 5.95 Å². The van der Waals surface area contributed by atoms with Crippen molar-refractivity contribution in [1.82, 2.24) is 14.9 Å². The van der Waals surface area contributed by atoms with Gasteiger partial charge in [0.25, 0.3) is 0 Å². The Labute approximate surface area is 120 Å². The van der Waals surface area contributed by atoms with Crippen LogP contribution in [0.25, 0.3) is 0 Å². The summed E-state index contributed by atoms with van der Waals surface area (Å²) in [6, 6.07) is 1.77. The zero-order valence-electron chi connectivity index (χ0n) is 12.6. The van der Waals surface area contributed by atoms with Crippen LogP contribution in [-0.4, -0.2) is 67.4 Å². The van der Waals surface area contributed by atoms with Crippen molar-refractivity contribution in [2.24, 2.45) is 0 Å². The quantitative estimate of drug-likeness (QED) is 0.776. The molecule has 1 saturated heterocycles. The number of hydrogen-bond acceptors (Lipinski definition) is 6. The van der Waals surface area contributed by atoms with E-state index in [0.717, 1.165) is 45.3 Å². The summed E-state index contributed by atoms with van der Waals surface area (Å²) in [7, 11) is 1.62. The second kappa shape index (κ2) is 7.40. The summed E-state index contributed by atoms with van der Waals surface area (Å²) >= 11 is 0. The van der Waals surface area contributed by atoms with Crippen LogP contribution in [0.5, 0.6) is 5.88 Å². The summed E-state index contributed by atoms with van der Waals surface area (Å²) in [6.45, 7) is 9.84. The van der Waals surface area contributed by atoms with Crippen LogP contribution < -0.4 is 9.64 Å². The molecule has 0 saturated carbocycles. The highest BCUT2D eigenvalue weighted by Crippen LogP contribution is 2.14. The van der Waals surface area contributed by atoms with Crippen molar-refractivity contribution in [3.63, 3.8) is 0 Å². The second-order valence-electron chi connectivity index (χ2n) is 5.15. The van der Waals surface area contributed by atoms with Crippen LogP contribution in [0, 0.1) is 0 Å². The molecule has 0 unspecified atom stereocenters. The molecule has 0 N–H and O–H groups in total. The lowest BCUT2D eigenvalue weighted by Gasteiger charge is -2.34. The Kier molecular flexibility index (Phi) is 5.55. The van der Waals surface area contributed by atoms with Crippen LogP contribution in [0.1, 0.15) is 13.8 Å². The van der Waals surface area contributed by atoms with Crippen molar-refractivity contribution < 1.29 is 9.47 Å². The highest BCUT2D eigenvalue weighted by atomic mass is 16.5. The summed E-state index contributed by atoms with van der Waals surface area (Å²) in [5.41, 5.74) is 0. The zero-order chi connectivity index (χ0) is 14.4. The van der Waals surface area contributed by atoms with Gasteiger partial charge in [-0.2, -0.15) is 4.98 Å². The van der Waals surface area contributed by atoms with Gasteiger partial charge in [-0.05, 0) is 13.8 Å². The second-order valence-corrected chi connectivity index (χ2v) is 5.15. The molecule has 0 radical (unpaired) electrons. The zero-order valence-corrected chi connectivity index (χ0v) is 12.6. The number of rotatable bonds is 6. The van der Waals surface area contributed by atoms with E-state index >= 15 is 0 Å². The molecule has 6 nitrogen and oxygen atoms in total. The molecule has 6 heteroatoms. The molecule has 0 aromatic carbocycles. The number of anilines is 1. The lowest BCUT2D eigenvalue weighted by atomic mass is 10.3. The number of methoxy groups -OCH3 is 1. The summed E-state index contributed by atoms with van der Waals surface area (Å²) in [4.78, 5) is 13.3. The molecule has 20 heavy (non-hydrogen) atoms. The molecule has 0 aliphatic carbocycles. The van der Waals surface area contributed by atoms with Crippen molar-refractivity contribution in [2.45, 2.75) is 20.0 Å². The number of hydrogen-bond donors (Lipinski definition) is 0.